The maximum absolute atomic E-state index is 12.1. The van der Waals surface area contributed by atoms with Gasteiger partial charge < -0.3 is 10.2 Å². The quantitative estimate of drug-likeness (QED) is 0.732. The van der Waals surface area contributed by atoms with Crippen molar-refractivity contribution >= 4 is 23.4 Å². The van der Waals surface area contributed by atoms with Crippen LogP contribution in [0.4, 0.5) is 0 Å². The summed E-state index contributed by atoms with van der Waals surface area (Å²) < 4.78 is 0. The highest BCUT2D eigenvalue weighted by Gasteiger charge is 2.13. The van der Waals surface area contributed by atoms with Gasteiger partial charge in [-0.1, -0.05) is 54.1 Å². The Kier molecular flexibility index (Phi) is 8.16. The van der Waals surface area contributed by atoms with E-state index in [1.54, 1.807) is 4.90 Å². The van der Waals surface area contributed by atoms with Gasteiger partial charge in [0, 0.05) is 25.0 Å². The summed E-state index contributed by atoms with van der Waals surface area (Å²) in [5, 5.41) is 3.57. The van der Waals surface area contributed by atoms with E-state index < -0.39 is 0 Å². The Bertz CT molecular complexity index is 702. The summed E-state index contributed by atoms with van der Waals surface area (Å²) in [5.41, 5.74) is 2.35. The first-order valence-corrected chi connectivity index (χ1v) is 9.23. The van der Waals surface area contributed by atoms with Crippen molar-refractivity contribution in [1.82, 2.24) is 10.2 Å². The average Bonchev–Trinajstić information content (AvgIpc) is 2.63. The summed E-state index contributed by atoms with van der Waals surface area (Å²) in [6.07, 6.45) is 2.46. The number of carbonyl (C=O) groups excluding carboxylic acids is 2. The van der Waals surface area contributed by atoms with Gasteiger partial charge in [-0.3, -0.25) is 9.59 Å². The van der Waals surface area contributed by atoms with Crippen LogP contribution in [0.2, 0.25) is 5.02 Å². The van der Waals surface area contributed by atoms with E-state index in [4.69, 9.17) is 11.6 Å². The molecule has 2 amide bonds. The molecule has 2 rings (SSSR count). The van der Waals surface area contributed by atoms with Crippen LogP contribution in [-0.2, 0) is 22.4 Å². The molecule has 0 fully saturated rings. The van der Waals surface area contributed by atoms with Crippen LogP contribution >= 0.6 is 11.6 Å². The van der Waals surface area contributed by atoms with E-state index in [9.17, 15) is 9.59 Å². The molecule has 0 spiro atoms. The van der Waals surface area contributed by atoms with Crippen LogP contribution in [0.15, 0.2) is 54.6 Å². The van der Waals surface area contributed by atoms with Crippen molar-refractivity contribution < 1.29 is 9.59 Å². The molecule has 0 bridgehead atoms. The van der Waals surface area contributed by atoms with Gasteiger partial charge in [0.05, 0.1) is 6.54 Å². The SMILES string of the molecule is CC(=O)N(CCCc1ccccc1)CC(=O)NCCc1ccc(Cl)cc1. The number of nitrogens with one attached hydrogen (secondary N) is 1. The third kappa shape index (κ3) is 7.28. The standard InChI is InChI=1S/C21H25ClN2O2/c1-17(25)24(15-5-8-18-6-3-2-4-7-18)16-21(26)23-14-13-19-9-11-20(22)12-10-19/h2-4,6-7,9-12H,5,8,13-16H2,1H3,(H,23,26). The molecule has 0 aliphatic rings. The number of rotatable bonds is 9. The van der Waals surface area contributed by atoms with Crippen molar-refractivity contribution in [2.45, 2.75) is 26.2 Å². The molecule has 0 radical (unpaired) electrons. The van der Waals surface area contributed by atoms with Gasteiger partial charge in [0.25, 0.3) is 0 Å². The van der Waals surface area contributed by atoms with Crippen LogP contribution in [0.5, 0.6) is 0 Å². The molecule has 0 aliphatic carbocycles. The van der Waals surface area contributed by atoms with E-state index in [2.05, 4.69) is 17.4 Å². The summed E-state index contributed by atoms with van der Waals surface area (Å²) >= 11 is 5.86. The highest BCUT2D eigenvalue weighted by atomic mass is 35.5. The molecule has 1 N–H and O–H groups in total. The van der Waals surface area contributed by atoms with Crippen LogP contribution in [0.1, 0.15) is 24.5 Å². The number of benzene rings is 2. The first-order chi connectivity index (χ1) is 12.5. The van der Waals surface area contributed by atoms with Gasteiger partial charge in [-0.15, -0.1) is 0 Å². The van der Waals surface area contributed by atoms with Gasteiger partial charge in [-0.25, -0.2) is 0 Å². The van der Waals surface area contributed by atoms with E-state index in [0.717, 1.165) is 24.8 Å². The molecule has 0 saturated heterocycles. The summed E-state index contributed by atoms with van der Waals surface area (Å²) in [4.78, 5) is 25.5. The lowest BCUT2D eigenvalue weighted by Crippen LogP contribution is -2.40. The van der Waals surface area contributed by atoms with Crippen LogP contribution in [0, 0.1) is 0 Å². The fourth-order valence-corrected chi connectivity index (χ4v) is 2.82. The van der Waals surface area contributed by atoms with E-state index in [1.807, 2.05) is 42.5 Å². The number of aryl methyl sites for hydroxylation is 1. The molecular weight excluding hydrogens is 348 g/mol. The van der Waals surface area contributed by atoms with Gasteiger partial charge in [0.1, 0.15) is 0 Å². The van der Waals surface area contributed by atoms with E-state index in [0.29, 0.717) is 18.1 Å². The summed E-state index contributed by atoms with van der Waals surface area (Å²) in [6, 6.07) is 17.7. The minimum atomic E-state index is -0.131. The number of hydrogen-bond acceptors (Lipinski definition) is 2. The molecule has 0 atom stereocenters. The number of hydrogen-bond donors (Lipinski definition) is 1. The van der Waals surface area contributed by atoms with E-state index in [-0.39, 0.29) is 18.4 Å². The maximum atomic E-state index is 12.1. The second-order valence-corrected chi connectivity index (χ2v) is 6.69. The normalized spacial score (nSPS) is 10.4. The van der Waals surface area contributed by atoms with E-state index in [1.165, 1.54) is 12.5 Å². The van der Waals surface area contributed by atoms with Crippen LogP contribution in [0.3, 0.4) is 0 Å². The molecular formula is C21H25ClN2O2. The Balaban J connectivity index is 1.71. The lowest BCUT2D eigenvalue weighted by molar-refractivity contribution is -0.134. The molecule has 0 saturated carbocycles. The third-order valence-corrected chi connectivity index (χ3v) is 4.42. The zero-order valence-electron chi connectivity index (χ0n) is 15.1. The van der Waals surface area contributed by atoms with Crippen molar-refractivity contribution in [3.63, 3.8) is 0 Å². The lowest BCUT2D eigenvalue weighted by Gasteiger charge is -2.20. The zero-order chi connectivity index (χ0) is 18.8. The highest BCUT2D eigenvalue weighted by Crippen LogP contribution is 2.09. The molecule has 4 nitrogen and oxygen atoms in total. The van der Waals surface area contributed by atoms with Crippen LogP contribution in [-0.4, -0.2) is 36.3 Å². The largest absolute Gasteiger partial charge is 0.354 e. The van der Waals surface area contributed by atoms with Gasteiger partial charge >= 0.3 is 0 Å². The van der Waals surface area contributed by atoms with Gasteiger partial charge in [-0.2, -0.15) is 0 Å². The molecule has 138 valence electrons. The Hall–Kier alpha value is -2.33. The number of nitrogens with zero attached hydrogens (tertiary/aromatic N) is 1. The average molecular weight is 373 g/mol. The minimum Gasteiger partial charge on any atom is -0.354 e. The number of amides is 2. The van der Waals surface area contributed by atoms with Gasteiger partial charge in [0.15, 0.2) is 0 Å². The monoisotopic (exact) mass is 372 g/mol. The Morgan fingerprint density at radius 3 is 2.27 bits per heavy atom. The fourth-order valence-electron chi connectivity index (χ4n) is 2.69. The summed E-state index contributed by atoms with van der Waals surface area (Å²) in [6.45, 7) is 2.72. The smallest absolute Gasteiger partial charge is 0.239 e. The zero-order valence-corrected chi connectivity index (χ0v) is 15.8. The Morgan fingerprint density at radius 2 is 1.62 bits per heavy atom. The molecule has 2 aromatic carbocycles. The van der Waals surface area contributed by atoms with E-state index >= 15 is 0 Å². The Morgan fingerprint density at radius 1 is 0.962 bits per heavy atom. The van der Waals surface area contributed by atoms with Crippen molar-refractivity contribution in [3.05, 3.63) is 70.7 Å². The summed E-state index contributed by atoms with van der Waals surface area (Å²) in [7, 11) is 0. The van der Waals surface area contributed by atoms with Crippen molar-refractivity contribution in [2.75, 3.05) is 19.6 Å². The number of halogens is 1. The molecule has 0 unspecified atom stereocenters. The molecule has 2 aromatic rings. The predicted molar refractivity (Wildman–Crippen MR) is 105 cm³/mol. The first-order valence-electron chi connectivity index (χ1n) is 8.85. The van der Waals surface area contributed by atoms with Crippen molar-refractivity contribution in [2.24, 2.45) is 0 Å². The van der Waals surface area contributed by atoms with Crippen LogP contribution < -0.4 is 5.32 Å². The molecule has 26 heavy (non-hydrogen) atoms. The van der Waals surface area contributed by atoms with Gasteiger partial charge in [-0.05, 0) is 42.5 Å². The topological polar surface area (TPSA) is 49.4 Å². The highest BCUT2D eigenvalue weighted by molar-refractivity contribution is 6.30. The van der Waals surface area contributed by atoms with Gasteiger partial charge in [0.2, 0.25) is 11.8 Å². The molecule has 0 aromatic heterocycles. The van der Waals surface area contributed by atoms with Crippen LogP contribution in [0.25, 0.3) is 0 Å². The fraction of sp³-hybridized carbons (Fsp3) is 0.333. The van der Waals surface area contributed by atoms with Crippen molar-refractivity contribution in [1.29, 1.82) is 0 Å². The first kappa shape index (κ1) is 20.0. The molecule has 0 heterocycles. The molecule has 5 heteroatoms. The molecule has 0 aliphatic heterocycles. The summed E-state index contributed by atoms with van der Waals surface area (Å²) in [5.74, 6) is -0.209. The lowest BCUT2D eigenvalue weighted by atomic mass is 10.1. The second-order valence-electron chi connectivity index (χ2n) is 6.26. The third-order valence-electron chi connectivity index (χ3n) is 4.17. The maximum Gasteiger partial charge on any atom is 0.239 e. The van der Waals surface area contributed by atoms with Crippen molar-refractivity contribution in [3.8, 4) is 0 Å². The predicted octanol–water partition coefficient (Wildman–Crippen LogP) is 3.48. The Labute approximate surface area is 160 Å². The number of carbonyl (C=O) groups is 2. The second kappa shape index (κ2) is 10.6. The minimum absolute atomic E-state index is 0.0779.